The van der Waals surface area contributed by atoms with Gasteiger partial charge >= 0.3 is 0 Å². The van der Waals surface area contributed by atoms with E-state index in [0.717, 1.165) is 24.7 Å². The number of piperidine rings is 1. The quantitative estimate of drug-likeness (QED) is 0.470. The molecule has 0 aliphatic carbocycles. The fourth-order valence-corrected chi connectivity index (χ4v) is 6.18. The van der Waals surface area contributed by atoms with Crippen LogP contribution in [-0.4, -0.2) is 62.0 Å². The standard InChI is InChI=1S/C28H26ClFN2O4S/c1-37(35,36)21-10-12-24(29)23(15-21)28(34)32-13-5-8-20-16-31(17-26(20)32)27(33)19-9-11-22(25(30)14-19)18-6-3-2-4-7-18/h2-4,6-7,9-12,14-15,20,26H,5,8,13,16-17H2,1H3/t20-,26+/m1/s1. The molecular formula is C28H26ClFN2O4S. The third-order valence-corrected chi connectivity index (χ3v) is 8.67. The van der Waals surface area contributed by atoms with E-state index in [1.807, 2.05) is 30.3 Å². The molecule has 0 bridgehead atoms. The summed E-state index contributed by atoms with van der Waals surface area (Å²) in [6.45, 7) is 1.27. The van der Waals surface area contributed by atoms with Crippen molar-refractivity contribution in [1.29, 1.82) is 0 Å². The molecule has 0 spiro atoms. The Kier molecular flexibility index (Phi) is 6.81. The number of hydrogen-bond acceptors (Lipinski definition) is 4. The van der Waals surface area contributed by atoms with Crippen LogP contribution in [0, 0.1) is 11.7 Å². The van der Waals surface area contributed by atoms with Gasteiger partial charge in [-0.3, -0.25) is 9.59 Å². The Bertz CT molecular complexity index is 1480. The van der Waals surface area contributed by atoms with Gasteiger partial charge in [-0.15, -0.1) is 0 Å². The molecule has 2 amide bonds. The Morgan fingerprint density at radius 2 is 1.73 bits per heavy atom. The van der Waals surface area contributed by atoms with E-state index in [-0.39, 0.29) is 44.8 Å². The van der Waals surface area contributed by atoms with Gasteiger partial charge in [0.25, 0.3) is 11.8 Å². The van der Waals surface area contributed by atoms with Gasteiger partial charge in [-0.05, 0) is 54.7 Å². The first-order valence-electron chi connectivity index (χ1n) is 12.1. The lowest BCUT2D eigenvalue weighted by Gasteiger charge is -2.37. The molecule has 37 heavy (non-hydrogen) atoms. The van der Waals surface area contributed by atoms with Crippen LogP contribution in [0.15, 0.2) is 71.6 Å². The Morgan fingerprint density at radius 1 is 0.973 bits per heavy atom. The molecule has 0 radical (unpaired) electrons. The van der Waals surface area contributed by atoms with Crippen molar-refractivity contribution in [1.82, 2.24) is 9.80 Å². The number of rotatable bonds is 4. The van der Waals surface area contributed by atoms with Crippen LogP contribution >= 0.6 is 11.6 Å². The molecule has 192 valence electrons. The summed E-state index contributed by atoms with van der Waals surface area (Å²) in [5.74, 6) is -1.02. The van der Waals surface area contributed by atoms with Gasteiger partial charge in [0.1, 0.15) is 5.82 Å². The zero-order chi connectivity index (χ0) is 26.3. The third kappa shape index (κ3) is 5.00. The minimum atomic E-state index is -3.51. The Morgan fingerprint density at radius 3 is 2.43 bits per heavy atom. The van der Waals surface area contributed by atoms with E-state index in [4.69, 9.17) is 11.6 Å². The first-order valence-corrected chi connectivity index (χ1v) is 14.4. The van der Waals surface area contributed by atoms with Crippen molar-refractivity contribution < 1.29 is 22.4 Å². The van der Waals surface area contributed by atoms with E-state index in [0.29, 0.717) is 25.2 Å². The van der Waals surface area contributed by atoms with Crippen LogP contribution in [0.2, 0.25) is 5.02 Å². The number of hydrogen-bond donors (Lipinski definition) is 0. The topological polar surface area (TPSA) is 74.8 Å². The number of halogens is 2. The van der Waals surface area contributed by atoms with Gasteiger partial charge in [0.05, 0.1) is 21.5 Å². The van der Waals surface area contributed by atoms with Gasteiger partial charge in [0, 0.05) is 37.0 Å². The highest BCUT2D eigenvalue weighted by Gasteiger charge is 2.43. The molecule has 2 atom stereocenters. The van der Waals surface area contributed by atoms with Crippen molar-refractivity contribution >= 4 is 33.3 Å². The van der Waals surface area contributed by atoms with Crippen LogP contribution in [0.3, 0.4) is 0 Å². The van der Waals surface area contributed by atoms with Gasteiger partial charge in [-0.25, -0.2) is 12.8 Å². The maximum atomic E-state index is 14.9. The van der Waals surface area contributed by atoms with Gasteiger partial charge in [-0.2, -0.15) is 0 Å². The number of fused-ring (bicyclic) bond motifs is 1. The molecule has 9 heteroatoms. The first-order chi connectivity index (χ1) is 17.6. The highest BCUT2D eigenvalue weighted by molar-refractivity contribution is 7.90. The summed E-state index contributed by atoms with van der Waals surface area (Å²) in [5.41, 5.74) is 1.56. The van der Waals surface area contributed by atoms with Gasteiger partial charge in [0.15, 0.2) is 9.84 Å². The molecule has 2 fully saturated rings. The van der Waals surface area contributed by atoms with Crippen LogP contribution in [0.5, 0.6) is 0 Å². The molecule has 2 saturated heterocycles. The minimum absolute atomic E-state index is 0.0259. The molecule has 2 aliphatic rings. The summed E-state index contributed by atoms with van der Waals surface area (Å²) in [4.78, 5) is 30.2. The van der Waals surface area contributed by atoms with Gasteiger partial charge in [0.2, 0.25) is 0 Å². The van der Waals surface area contributed by atoms with Gasteiger partial charge in [-0.1, -0.05) is 48.0 Å². The van der Waals surface area contributed by atoms with Crippen LogP contribution < -0.4 is 0 Å². The maximum Gasteiger partial charge on any atom is 0.255 e. The first kappa shape index (κ1) is 25.4. The molecule has 0 aromatic heterocycles. The third-order valence-electron chi connectivity index (χ3n) is 7.23. The normalized spacial score (nSPS) is 19.5. The lowest BCUT2D eigenvalue weighted by Crippen LogP contribution is -2.48. The number of carbonyl (C=O) groups is 2. The number of amides is 2. The van der Waals surface area contributed by atoms with Crippen molar-refractivity contribution in [2.45, 2.75) is 23.8 Å². The lowest BCUT2D eigenvalue weighted by atomic mass is 9.91. The zero-order valence-corrected chi connectivity index (χ0v) is 21.8. The number of nitrogens with zero attached hydrogens (tertiary/aromatic N) is 2. The molecule has 2 aliphatic heterocycles. The highest BCUT2D eigenvalue weighted by Crippen LogP contribution is 2.34. The summed E-state index contributed by atoms with van der Waals surface area (Å²) >= 11 is 6.29. The van der Waals surface area contributed by atoms with E-state index < -0.39 is 15.7 Å². The fourth-order valence-electron chi connectivity index (χ4n) is 5.33. The molecular weight excluding hydrogens is 515 g/mol. The second-order valence-corrected chi connectivity index (χ2v) is 12.1. The summed E-state index contributed by atoms with van der Waals surface area (Å²) in [7, 11) is -3.51. The van der Waals surface area contributed by atoms with Crippen molar-refractivity contribution in [3.8, 4) is 11.1 Å². The zero-order valence-electron chi connectivity index (χ0n) is 20.2. The molecule has 0 saturated carbocycles. The van der Waals surface area contributed by atoms with Crippen LogP contribution in [-0.2, 0) is 9.84 Å². The van der Waals surface area contributed by atoms with E-state index in [2.05, 4.69) is 0 Å². The Balaban J connectivity index is 1.36. The van der Waals surface area contributed by atoms with Crippen molar-refractivity contribution in [3.05, 3.63) is 88.7 Å². The van der Waals surface area contributed by atoms with Crippen LogP contribution in [0.1, 0.15) is 33.6 Å². The van der Waals surface area contributed by atoms with Crippen molar-refractivity contribution in [2.24, 2.45) is 5.92 Å². The SMILES string of the molecule is CS(=O)(=O)c1ccc(Cl)c(C(=O)N2CCC[C@@H]3CN(C(=O)c4ccc(-c5ccccc5)c(F)c4)C[C@@H]32)c1. The summed E-state index contributed by atoms with van der Waals surface area (Å²) < 4.78 is 38.9. The molecule has 3 aromatic carbocycles. The van der Waals surface area contributed by atoms with Crippen LogP contribution in [0.4, 0.5) is 4.39 Å². The van der Waals surface area contributed by atoms with E-state index >= 15 is 0 Å². The fraction of sp³-hybridized carbons (Fsp3) is 0.286. The molecule has 0 unspecified atom stereocenters. The lowest BCUT2D eigenvalue weighted by molar-refractivity contribution is 0.0564. The summed E-state index contributed by atoms with van der Waals surface area (Å²) in [6.07, 6.45) is 2.70. The van der Waals surface area contributed by atoms with Crippen LogP contribution in [0.25, 0.3) is 11.1 Å². The molecule has 5 rings (SSSR count). The van der Waals surface area contributed by atoms with Gasteiger partial charge < -0.3 is 9.80 Å². The second-order valence-electron chi connectivity index (χ2n) is 9.65. The minimum Gasteiger partial charge on any atom is -0.336 e. The maximum absolute atomic E-state index is 14.9. The average molecular weight is 541 g/mol. The smallest absolute Gasteiger partial charge is 0.255 e. The predicted molar refractivity (Wildman–Crippen MR) is 140 cm³/mol. The molecule has 0 N–H and O–H groups in total. The number of likely N-dealkylation sites (tertiary alicyclic amines) is 2. The molecule has 2 heterocycles. The predicted octanol–water partition coefficient (Wildman–Crippen LogP) is 4.93. The summed E-state index contributed by atoms with van der Waals surface area (Å²) in [6, 6.07) is 17.6. The highest BCUT2D eigenvalue weighted by atomic mass is 35.5. The monoisotopic (exact) mass is 540 g/mol. The largest absolute Gasteiger partial charge is 0.336 e. The van der Waals surface area contributed by atoms with Crippen molar-refractivity contribution in [3.63, 3.8) is 0 Å². The second kappa shape index (κ2) is 9.91. The average Bonchev–Trinajstić information content (AvgIpc) is 3.32. The molecule has 6 nitrogen and oxygen atoms in total. The number of carbonyl (C=O) groups excluding carboxylic acids is 2. The number of benzene rings is 3. The summed E-state index contributed by atoms with van der Waals surface area (Å²) in [5, 5.41) is 0.180. The van der Waals surface area contributed by atoms with E-state index in [1.54, 1.807) is 21.9 Å². The van der Waals surface area contributed by atoms with E-state index in [9.17, 15) is 22.4 Å². The number of sulfone groups is 1. The Labute approximate surface area is 220 Å². The van der Waals surface area contributed by atoms with Crippen molar-refractivity contribution in [2.75, 3.05) is 25.9 Å². The van der Waals surface area contributed by atoms with E-state index in [1.165, 1.54) is 24.3 Å². The molecule has 3 aromatic rings. The Hall–Kier alpha value is -3.23.